The van der Waals surface area contributed by atoms with Crippen molar-refractivity contribution in [3.05, 3.63) is 29.6 Å². The number of nitrogens with one attached hydrogen (secondary N) is 1. The molecule has 1 aliphatic rings. The van der Waals surface area contributed by atoms with Crippen LogP contribution in [0.5, 0.6) is 0 Å². The molecule has 21 heavy (non-hydrogen) atoms. The molecule has 0 aliphatic carbocycles. The molecule has 1 aliphatic heterocycles. The van der Waals surface area contributed by atoms with Crippen LogP contribution in [0.3, 0.4) is 0 Å². The summed E-state index contributed by atoms with van der Waals surface area (Å²) in [5.41, 5.74) is 2.26. The molecule has 4 nitrogen and oxygen atoms in total. The van der Waals surface area contributed by atoms with E-state index in [9.17, 15) is 0 Å². The lowest BCUT2D eigenvalue weighted by molar-refractivity contribution is 0.0790. The first kappa shape index (κ1) is 16.4. The molecule has 0 amide bonds. The standard InChI is InChI=1S/C17H29N3O/c1-14(2)10-18-11-15-6-4-7-16(19-15)12-20(3)13-17-8-5-9-21-17/h4,6-7,14,17-18H,5,8-13H2,1-3H3. The third-order valence-electron chi connectivity index (χ3n) is 3.69. The molecular formula is C17H29N3O. The maximum Gasteiger partial charge on any atom is 0.0702 e. The highest BCUT2D eigenvalue weighted by atomic mass is 16.5. The van der Waals surface area contributed by atoms with Crippen molar-refractivity contribution >= 4 is 0 Å². The molecule has 1 saturated heterocycles. The highest BCUT2D eigenvalue weighted by Gasteiger charge is 2.17. The van der Waals surface area contributed by atoms with Crippen molar-refractivity contribution in [2.24, 2.45) is 5.92 Å². The van der Waals surface area contributed by atoms with Gasteiger partial charge in [-0.2, -0.15) is 0 Å². The van der Waals surface area contributed by atoms with Crippen LogP contribution in [0.25, 0.3) is 0 Å². The first-order valence-electron chi connectivity index (χ1n) is 8.09. The predicted molar refractivity (Wildman–Crippen MR) is 86.1 cm³/mol. The number of pyridine rings is 1. The number of rotatable bonds is 8. The summed E-state index contributed by atoms with van der Waals surface area (Å²) in [6.07, 6.45) is 2.80. The maximum atomic E-state index is 5.69. The summed E-state index contributed by atoms with van der Waals surface area (Å²) >= 11 is 0. The van der Waals surface area contributed by atoms with Crippen molar-refractivity contribution in [2.75, 3.05) is 26.7 Å². The Morgan fingerprint density at radius 1 is 1.38 bits per heavy atom. The van der Waals surface area contributed by atoms with Crippen LogP contribution in [-0.2, 0) is 17.8 Å². The van der Waals surface area contributed by atoms with Gasteiger partial charge in [0.25, 0.3) is 0 Å². The zero-order valence-electron chi connectivity index (χ0n) is 13.6. The van der Waals surface area contributed by atoms with Crippen LogP contribution in [0.2, 0.25) is 0 Å². The average molecular weight is 291 g/mol. The minimum absolute atomic E-state index is 0.408. The topological polar surface area (TPSA) is 37.4 Å². The van der Waals surface area contributed by atoms with E-state index in [0.29, 0.717) is 12.0 Å². The van der Waals surface area contributed by atoms with Crippen molar-refractivity contribution in [1.82, 2.24) is 15.2 Å². The van der Waals surface area contributed by atoms with Gasteiger partial charge in [0.05, 0.1) is 17.5 Å². The number of nitrogens with zero attached hydrogens (tertiary/aromatic N) is 2. The van der Waals surface area contributed by atoms with E-state index < -0.39 is 0 Å². The minimum atomic E-state index is 0.408. The average Bonchev–Trinajstić information content (AvgIpc) is 2.91. The predicted octanol–water partition coefficient (Wildman–Crippen LogP) is 2.44. The van der Waals surface area contributed by atoms with E-state index in [2.05, 4.69) is 49.3 Å². The van der Waals surface area contributed by atoms with Crippen LogP contribution in [0, 0.1) is 5.92 Å². The molecular weight excluding hydrogens is 262 g/mol. The van der Waals surface area contributed by atoms with E-state index in [1.165, 1.54) is 12.8 Å². The zero-order valence-corrected chi connectivity index (χ0v) is 13.6. The third-order valence-corrected chi connectivity index (χ3v) is 3.69. The summed E-state index contributed by atoms with van der Waals surface area (Å²) in [5, 5.41) is 3.44. The maximum absolute atomic E-state index is 5.69. The fraction of sp³-hybridized carbons (Fsp3) is 0.706. The Kier molecular flexibility index (Phi) is 6.61. The lowest BCUT2D eigenvalue weighted by atomic mass is 10.2. The van der Waals surface area contributed by atoms with Gasteiger partial charge in [-0.15, -0.1) is 0 Å². The number of hydrogen-bond acceptors (Lipinski definition) is 4. The minimum Gasteiger partial charge on any atom is -0.377 e. The van der Waals surface area contributed by atoms with E-state index in [-0.39, 0.29) is 0 Å². The largest absolute Gasteiger partial charge is 0.377 e. The second-order valence-corrected chi connectivity index (χ2v) is 6.48. The molecule has 0 saturated carbocycles. The van der Waals surface area contributed by atoms with E-state index in [4.69, 9.17) is 9.72 Å². The lowest BCUT2D eigenvalue weighted by Crippen LogP contribution is -2.28. The van der Waals surface area contributed by atoms with Gasteiger partial charge in [-0.25, -0.2) is 0 Å². The molecule has 0 radical (unpaired) electrons. The summed E-state index contributed by atoms with van der Waals surface area (Å²) in [6, 6.07) is 6.31. The van der Waals surface area contributed by atoms with Crippen LogP contribution in [0.4, 0.5) is 0 Å². The smallest absolute Gasteiger partial charge is 0.0702 e. The molecule has 0 spiro atoms. The van der Waals surface area contributed by atoms with Crippen LogP contribution >= 0.6 is 0 Å². The van der Waals surface area contributed by atoms with Crippen molar-refractivity contribution < 1.29 is 4.74 Å². The number of aromatic nitrogens is 1. The monoisotopic (exact) mass is 291 g/mol. The highest BCUT2D eigenvalue weighted by Crippen LogP contribution is 2.13. The number of ether oxygens (including phenoxy) is 1. The Labute approximate surface area is 128 Å². The number of likely N-dealkylation sites (N-methyl/N-ethyl adjacent to an activating group) is 1. The summed E-state index contributed by atoms with van der Waals surface area (Å²) < 4.78 is 5.69. The van der Waals surface area contributed by atoms with Gasteiger partial charge in [-0.1, -0.05) is 19.9 Å². The van der Waals surface area contributed by atoms with Gasteiger partial charge < -0.3 is 10.1 Å². The Morgan fingerprint density at radius 2 is 2.19 bits per heavy atom. The molecule has 118 valence electrons. The molecule has 1 aromatic rings. The van der Waals surface area contributed by atoms with Gasteiger partial charge in [-0.05, 0) is 44.5 Å². The Morgan fingerprint density at radius 3 is 2.90 bits per heavy atom. The fourth-order valence-electron chi connectivity index (χ4n) is 2.68. The molecule has 1 N–H and O–H groups in total. The molecule has 1 fully saturated rings. The van der Waals surface area contributed by atoms with E-state index >= 15 is 0 Å². The van der Waals surface area contributed by atoms with Gasteiger partial charge in [-0.3, -0.25) is 9.88 Å². The number of hydrogen-bond donors (Lipinski definition) is 1. The molecule has 4 heteroatoms. The second kappa shape index (κ2) is 8.47. The van der Waals surface area contributed by atoms with Crippen molar-refractivity contribution in [2.45, 2.75) is 45.9 Å². The van der Waals surface area contributed by atoms with Gasteiger partial charge in [0.2, 0.25) is 0 Å². The third kappa shape index (κ3) is 6.12. The molecule has 2 rings (SSSR count). The summed E-state index contributed by atoms with van der Waals surface area (Å²) in [7, 11) is 2.15. The zero-order chi connectivity index (χ0) is 15.1. The molecule has 2 heterocycles. The van der Waals surface area contributed by atoms with Crippen LogP contribution < -0.4 is 5.32 Å². The fourth-order valence-corrected chi connectivity index (χ4v) is 2.68. The SMILES string of the molecule is CC(C)CNCc1cccc(CN(C)CC2CCCO2)n1. The van der Waals surface area contributed by atoms with Gasteiger partial charge in [0.1, 0.15) is 0 Å². The van der Waals surface area contributed by atoms with Crippen molar-refractivity contribution in [3.63, 3.8) is 0 Å². The molecule has 1 atom stereocenters. The molecule has 1 unspecified atom stereocenters. The highest BCUT2D eigenvalue weighted by molar-refractivity contribution is 5.11. The first-order valence-corrected chi connectivity index (χ1v) is 8.09. The van der Waals surface area contributed by atoms with Crippen molar-refractivity contribution in [3.8, 4) is 0 Å². The van der Waals surface area contributed by atoms with Crippen LogP contribution in [0.1, 0.15) is 38.1 Å². The molecule has 0 bridgehead atoms. The summed E-state index contributed by atoms with van der Waals surface area (Å²) in [5.74, 6) is 0.672. The van der Waals surface area contributed by atoms with Crippen LogP contribution in [0.15, 0.2) is 18.2 Å². The quantitative estimate of drug-likeness (QED) is 0.798. The van der Waals surface area contributed by atoms with Gasteiger partial charge >= 0.3 is 0 Å². The lowest BCUT2D eigenvalue weighted by Gasteiger charge is -2.20. The second-order valence-electron chi connectivity index (χ2n) is 6.48. The van der Waals surface area contributed by atoms with Gasteiger partial charge in [0.15, 0.2) is 0 Å². The van der Waals surface area contributed by atoms with E-state index in [1.54, 1.807) is 0 Å². The summed E-state index contributed by atoms with van der Waals surface area (Å²) in [4.78, 5) is 7.05. The Bertz CT molecular complexity index is 416. The first-order chi connectivity index (χ1) is 10.1. The summed E-state index contributed by atoms with van der Waals surface area (Å²) in [6.45, 7) is 9.13. The molecule has 1 aromatic heterocycles. The Balaban J connectivity index is 1.79. The van der Waals surface area contributed by atoms with E-state index in [1.807, 2.05) is 0 Å². The van der Waals surface area contributed by atoms with Gasteiger partial charge in [0, 0.05) is 26.2 Å². The van der Waals surface area contributed by atoms with E-state index in [0.717, 1.165) is 44.2 Å². The van der Waals surface area contributed by atoms with Crippen LogP contribution in [-0.4, -0.2) is 42.7 Å². The molecule has 0 aromatic carbocycles. The van der Waals surface area contributed by atoms with Crippen molar-refractivity contribution in [1.29, 1.82) is 0 Å². The normalized spacial score (nSPS) is 18.8. The Hall–Kier alpha value is -0.970.